The summed E-state index contributed by atoms with van der Waals surface area (Å²) in [6.07, 6.45) is 1.40. The monoisotopic (exact) mass is 412 g/mol. The molecule has 3 rings (SSSR count). The Morgan fingerprint density at radius 3 is 2.85 bits per heavy atom. The van der Waals surface area contributed by atoms with Crippen LogP contribution in [0.5, 0.6) is 0 Å². The summed E-state index contributed by atoms with van der Waals surface area (Å²) in [4.78, 5) is 17.9. The lowest BCUT2D eigenvalue weighted by atomic mass is 10.2. The lowest BCUT2D eigenvalue weighted by Crippen LogP contribution is -2.22. The summed E-state index contributed by atoms with van der Waals surface area (Å²) in [7, 11) is -3.70. The molecule has 0 aromatic carbocycles. The van der Waals surface area contributed by atoms with Crippen molar-refractivity contribution in [2.45, 2.75) is 30.0 Å². The zero-order valence-electron chi connectivity index (χ0n) is 13.5. The predicted molar refractivity (Wildman–Crippen MR) is 98.1 cm³/mol. The second-order valence-corrected chi connectivity index (χ2v) is 9.29. The maximum absolute atomic E-state index is 11.9. The van der Waals surface area contributed by atoms with Crippen LogP contribution in [0.2, 0.25) is 0 Å². The van der Waals surface area contributed by atoms with Crippen LogP contribution >= 0.6 is 22.7 Å². The number of nitrogens with one attached hydrogen (secondary N) is 1. The van der Waals surface area contributed by atoms with Gasteiger partial charge in [0.2, 0.25) is 27.6 Å². The smallest absolute Gasteiger partial charge is 0.247 e. The van der Waals surface area contributed by atoms with Crippen LogP contribution in [-0.2, 0) is 27.8 Å². The Hall–Kier alpha value is -2.08. The number of nitrogens with two attached hydrogens (primary N) is 1. The van der Waals surface area contributed by atoms with Gasteiger partial charge in [0.15, 0.2) is 0 Å². The summed E-state index contributed by atoms with van der Waals surface area (Å²) in [6.45, 7) is 0.266. The molecule has 3 aromatic heterocycles. The molecule has 0 saturated carbocycles. The second-order valence-electron chi connectivity index (χ2n) is 5.39. The summed E-state index contributed by atoms with van der Waals surface area (Å²) in [5.41, 5.74) is 0. The molecule has 1 amide bonds. The minimum atomic E-state index is -3.70. The molecule has 11 heteroatoms. The molecule has 0 bridgehead atoms. The molecule has 26 heavy (non-hydrogen) atoms. The summed E-state index contributed by atoms with van der Waals surface area (Å²) in [5, 5.41) is 13.7. The third kappa shape index (κ3) is 4.97. The molecule has 0 fully saturated rings. The van der Waals surface area contributed by atoms with Crippen molar-refractivity contribution in [2.24, 2.45) is 5.14 Å². The number of aryl methyl sites for hydroxylation is 1. The van der Waals surface area contributed by atoms with Gasteiger partial charge in [0, 0.05) is 17.7 Å². The standard InChI is InChI=1S/C15H16N4O4S3/c16-26(21,22)14-7-6-10(25-14)9-17-12(20)4-1-5-13-18-15(19-23-13)11-3-2-8-24-11/h2-3,6-8H,1,4-5,9H2,(H,17,20)(H2,16,21,22). The molecule has 0 saturated heterocycles. The van der Waals surface area contributed by atoms with E-state index in [2.05, 4.69) is 15.5 Å². The number of hydrogen-bond acceptors (Lipinski definition) is 8. The first-order chi connectivity index (χ1) is 12.4. The van der Waals surface area contributed by atoms with E-state index in [4.69, 9.17) is 9.66 Å². The number of thiophene rings is 2. The van der Waals surface area contributed by atoms with Gasteiger partial charge >= 0.3 is 0 Å². The zero-order valence-corrected chi connectivity index (χ0v) is 16.0. The quantitative estimate of drug-likeness (QED) is 0.583. The van der Waals surface area contributed by atoms with E-state index in [0.717, 1.165) is 21.1 Å². The van der Waals surface area contributed by atoms with Crippen molar-refractivity contribution >= 4 is 38.6 Å². The molecule has 3 N–H and O–H groups in total. The van der Waals surface area contributed by atoms with Gasteiger partial charge in [-0.2, -0.15) is 4.98 Å². The van der Waals surface area contributed by atoms with E-state index < -0.39 is 10.0 Å². The van der Waals surface area contributed by atoms with Gasteiger partial charge in [0.1, 0.15) is 4.21 Å². The van der Waals surface area contributed by atoms with Crippen LogP contribution in [0.25, 0.3) is 10.7 Å². The number of hydrogen-bond donors (Lipinski definition) is 2. The number of amides is 1. The van der Waals surface area contributed by atoms with Gasteiger partial charge in [-0.3, -0.25) is 4.79 Å². The third-order valence-corrected chi connectivity index (χ3v) is 6.77. The predicted octanol–water partition coefficient (Wildman–Crippen LogP) is 2.15. The molecule has 0 aliphatic rings. The number of carbonyl (C=O) groups is 1. The molecule has 0 aliphatic heterocycles. The molecule has 0 radical (unpaired) electrons. The molecular formula is C15H16N4O4S3. The number of aromatic nitrogens is 2. The highest BCUT2D eigenvalue weighted by Gasteiger charge is 2.12. The van der Waals surface area contributed by atoms with Crippen molar-refractivity contribution in [3.05, 3.63) is 40.4 Å². The first kappa shape index (κ1) is 18.7. The van der Waals surface area contributed by atoms with Crippen LogP contribution in [0.1, 0.15) is 23.6 Å². The molecule has 138 valence electrons. The number of primary sulfonamides is 1. The van der Waals surface area contributed by atoms with Gasteiger partial charge in [0.05, 0.1) is 11.4 Å². The zero-order chi connectivity index (χ0) is 18.6. The molecule has 0 atom stereocenters. The minimum absolute atomic E-state index is 0.0830. The van der Waals surface area contributed by atoms with Crippen LogP contribution in [-0.4, -0.2) is 24.5 Å². The fourth-order valence-electron chi connectivity index (χ4n) is 2.14. The average molecular weight is 413 g/mol. The van der Waals surface area contributed by atoms with Crippen molar-refractivity contribution in [2.75, 3.05) is 0 Å². The van der Waals surface area contributed by atoms with Crippen molar-refractivity contribution in [3.63, 3.8) is 0 Å². The summed E-state index contributed by atoms with van der Waals surface area (Å²) < 4.78 is 27.7. The Labute approximate surface area is 158 Å². The number of rotatable bonds is 8. The van der Waals surface area contributed by atoms with Gasteiger partial charge in [-0.1, -0.05) is 11.2 Å². The summed E-state index contributed by atoms with van der Waals surface area (Å²) in [6, 6.07) is 6.90. The van der Waals surface area contributed by atoms with Crippen LogP contribution in [0, 0.1) is 0 Å². The Morgan fingerprint density at radius 2 is 2.15 bits per heavy atom. The van der Waals surface area contributed by atoms with E-state index >= 15 is 0 Å². The number of nitrogens with zero attached hydrogens (tertiary/aromatic N) is 2. The van der Waals surface area contributed by atoms with Crippen LogP contribution < -0.4 is 10.5 Å². The Kier molecular flexibility index (Phi) is 5.81. The maximum Gasteiger partial charge on any atom is 0.247 e. The van der Waals surface area contributed by atoms with Crippen molar-refractivity contribution in [3.8, 4) is 10.7 Å². The average Bonchev–Trinajstić information content (AvgIpc) is 3.32. The molecule has 3 heterocycles. The molecule has 3 aromatic rings. The van der Waals surface area contributed by atoms with E-state index in [1.807, 2.05) is 17.5 Å². The molecule has 8 nitrogen and oxygen atoms in total. The highest BCUT2D eigenvalue weighted by molar-refractivity contribution is 7.91. The van der Waals surface area contributed by atoms with Crippen molar-refractivity contribution in [1.29, 1.82) is 0 Å². The minimum Gasteiger partial charge on any atom is -0.351 e. The molecule has 0 spiro atoms. The third-order valence-electron chi connectivity index (χ3n) is 3.38. The van der Waals surface area contributed by atoms with E-state index in [-0.39, 0.29) is 16.7 Å². The fraction of sp³-hybridized carbons (Fsp3) is 0.267. The van der Waals surface area contributed by atoms with Gasteiger partial charge < -0.3 is 9.84 Å². The van der Waals surface area contributed by atoms with E-state index in [0.29, 0.717) is 31.0 Å². The second kappa shape index (κ2) is 8.08. The van der Waals surface area contributed by atoms with Gasteiger partial charge in [-0.05, 0) is 30.0 Å². The highest BCUT2D eigenvalue weighted by atomic mass is 32.2. The lowest BCUT2D eigenvalue weighted by molar-refractivity contribution is -0.121. The first-order valence-electron chi connectivity index (χ1n) is 7.66. The van der Waals surface area contributed by atoms with E-state index in [1.54, 1.807) is 6.07 Å². The van der Waals surface area contributed by atoms with Crippen LogP contribution in [0.15, 0.2) is 38.4 Å². The van der Waals surface area contributed by atoms with Gasteiger partial charge in [-0.25, -0.2) is 13.6 Å². The summed E-state index contributed by atoms with van der Waals surface area (Å²) >= 11 is 2.58. The lowest BCUT2D eigenvalue weighted by Gasteiger charge is -2.02. The number of sulfonamides is 1. The van der Waals surface area contributed by atoms with Gasteiger partial charge in [0.25, 0.3) is 0 Å². The Balaban J connectivity index is 1.41. The molecular weight excluding hydrogens is 396 g/mol. The first-order valence-corrected chi connectivity index (χ1v) is 10.9. The highest BCUT2D eigenvalue weighted by Crippen LogP contribution is 2.22. The normalized spacial score (nSPS) is 11.6. The van der Waals surface area contributed by atoms with E-state index in [9.17, 15) is 13.2 Å². The van der Waals surface area contributed by atoms with Crippen LogP contribution in [0.3, 0.4) is 0 Å². The Bertz CT molecular complexity index is 976. The summed E-state index contributed by atoms with van der Waals surface area (Å²) in [5.74, 6) is 0.925. The largest absolute Gasteiger partial charge is 0.351 e. The maximum atomic E-state index is 11.9. The number of carbonyl (C=O) groups excluding carboxylic acids is 1. The topological polar surface area (TPSA) is 128 Å². The van der Waals surface area contributed by atoms with Crippen molar-refractivity contribution < 1.29 is 17.7 Å². The molecule has 0 aliphatic carbocycles. The SMILES string of the molecule is NS(=O)(=O)c1ccc(CNC(=O)CCCc2nc(-c3cccs3)no2)s1. The van der Waals surface area contributed by atoms with Gasteiger partial charge in [-0.15, -0.1) is 22.7 Å². The Morgan fingerprint density at radius 1 is 1.31 bits per heavy atom. The van der Waals surface area contributed by atoms with E-state index in [1.165, 1.54) is 17.4 Å². The fourth-order valence-corrected chi connectivity index (χ4v) is 4.51. The van der Waals surface area contributed by atoms with Crippen LogP contribution in [0.4, 0.5) is 0 Å². The molecule has 0 unspecified atom stereocenters. The van der Waals surface area contributed by atoms with Crippen molar-refractivity contribution in [1.82, 2.24) is 15.5 Å².